The standard InChI is InChI=1S/C12H16N4O4S/c1-15(2)21(19,20)9-5-6-11-10(8-9)13-14-16(11)7-3-4-12(17)18/h5-6,8H,3-4,7H2,1-2H3,(H,17,18). The Hall–Kier alpha value is -2.00. The zero-order valence-electron chi connectivity index (χ0n) is 11.7. The molecule has 21 heavy (non-hydrogen) atoms. The first-order valence-electron chi connectivity index (χ1n) is 6.30. The van der Waals surface area contributed by atoms with Crippen LogP contribution in [-0.4, -0.2) is 52.9 Å². The maximum Gasteiger partial charge on any atom is 0.303 e. The van der Waals surface area contributed by atoms with Crippen LogP contribution in [-0.2, 0) is 21.4 Å². The molecule has 114 valence electrons. The molecule has 1 N–H and O–H groups in total. The van der Waals surface area contributed by atoms with Crippen molar-refractivity contribution in [1.29, 1.82) is 0 Å². The number of hydrogen-bond donors (Lipinski definition) is 1. The van der Waals surface area contributed by atoms with Crippen LogP contribution < -0.4 is 0 Å². The number of aliphatic carboxylic acids is 1. The number of hydrogen-bond acceptors (Lipinski definition) is 5. The quantitative estimate of drug-likeness (QED) is 0.835. The highest BCUT2D eigenvalue weighted by Crippen LogP contribution is 2.19. The number of fused-ring (bicyclic) bond motifs is 1. The van der Waals surface area contributed by atoms with Gasteiger partial charge in [-0.2, -0.15) is 0 Å². The molecule has 0 unspecified atom stereocenters. The van der Waals surface area contributed by atoms with Crippen molar-refractivity contribution in [1.82, 2.24) is 19.3 Å². The Morgan fingerprint density at radius 3 is 2.71 bits per heavy atom. The van der Waals surface area contributed by atoms with Crippen molar-refractivity contribution < 1.29 is 18.3 Å². The summed E-state index contributed by atoms with van der Waals surface area (Å²) in [7, 11) is -0.588. The number of nitrogens with zero attached hydrogens (tertiary/aromatic N) is 4. The van der Waals surface area contributed by atoms with Gasteiger partial charge in [-0.1, -0.05) is 5.21 Å². The smallest absolute Gasteiger partial charge is 0.303 e. The molecule has 2 rings (SSSR count). The molecule has 9 heteroatoms. The van der Waals surface area contributed by atoms with Crippen LogP contribution in [0, 0.1) is 0 Å². The number of benzene rings is 1. The van der Waals surface area contributed by atoms with Gasteiger partial charge in [-0.15, -0.1) is 5.10 Å². The molecule has 0 saturated carbocycles. The fraction of sp³-hybridized carbons (Fsp3) is 0.417. The second-order valence-corrected chi connectivity index (χ2v) is 6.90. The Labute approximate surface area is 122 Å². The zero-order valence-corrected chi connectivity index (χ0v) is 12.5. The minimum Gasteiger partial charge on any atom is -0.481 e. The minimum absolute atomic E-state index is 0.0500. The van der Waals surface area contributed by atoms with Crippen molar-refractivity contribution >= 4 is 27.0 Å². The third kappa shape index (κ3) is 3.19. The van der Waals surface area contributed by atoms with Gasteiger partial charge in [0, 0.05) is 27.1 Å². The van der Waals surface area contributed by atoms with Crippen molar-refractivity contribution in [2.45, 2.75) is 24.3 Å². The lowest BCUT2D eigenvalue weighted by atomic mass is 10.3. The summed E-state index contributed by atoms with van der Waals surface area (Å²) in [4.78, 5) is 10.6. The first-order chi connectivity index (χ1) is 9.82. The lowest BCUT2D eigenvalue weighted by molar-refractivity contribution is -0.137. The average Bonchev–Trinajstić information content (AvgIpc) is 2.80. The normalized spacial score (nSPS) is 12.1. The van der Waals surface area contributed by atoms with Gasteiger partial charge in [-0.25, -0.2) is 17.4 Å². The molecule has 0 amide bonds. The summed E-state index contributed by atoms with van der Waals surface area (Å²) in [6.45, 7) is 0.419. The molecule has 0 aliphatic rings. The van der Waals surface area contributed by atoms with Crippen LogP contribution in [0.2, 0.25) is 0 Å². The second-order valence-electron chi connectivity index (χ2n) is 4.75. The summed E-state index contributed by atoms with van der Waals surface area (Å²) in [6, 6.07) is 4.59. The minimum atomic E-state index is -3.51. The lowest BCUT2D eigenvalue weighted by Gasteiger charge is -2.10. The SMILES string of the molecule is CN(C)S(=O)(=O)c1ccc2c(c1)nnn2CCCC(=O)O. The molecule has 0 radical (unpaired) electrons. The third-order valence-corrected chi connectivity index (χ3v) is 4.84. The van der Waals surface area contributed by atoms with E-state index in [1.807, 2.05) is 0 Å². The maximum absolute atomic E-state index is 12.0. The summed E-state index contributed by atoms with van der Waals surface area (Å²) >= 11 is 0. The summed E-state index contributed by atoms with van der Waals surface area (Å²) in [6.07, 6.45) is 0.486. The molecule has 0 spiro atoms. The Bertz CT molecular complexity index is 767. The highest BCUT2D eigenvalue weighted by Gasteiger charge is 2.18. The van der Waals surface area contributed by atoms with Crippen LogP contribution in [0.5, 0.6) is 0 Å². The van der Waals surface area contributed by atoms with E-state index < -0.39 is 16.0 Å². The van der Waals surface area contributed by atoms with Crippen LogP contribution >= 0.6 is 0 Å². The Morgan fingerprint density at radius 1 is 1.38 bits per heavy atom. The molecule has 0 saturated heterocycles. The predicted molar refractivity (Wildman–Crippen MR) is 75.3 cm³/mol. The van der Waals surface area contributed by atoms with Crippen molar-refractivity contribution in [3.63, 3.8) is 0 Å². The van der Waals surface area contributed by atoms with E-state index in [1.54, 1.807) is 10.7 Å². The van der Waals surface area contributed by atoms with E-state index in [0.717, 1.165) is 4.31 Å². The van der Waals surface area contributed by atoms with Gasteiger partial charge >= 0.3 is 5.97 Å². The molecule has 0 fully saturated rings. The Kier molecular flexibility index (Phi) is 4.24. The van der Waals surface area contributed by atoms with Crippen molar-refractivity contribution in [2.75, 3.05) is 14.1 Å². The summed E-state index contributed by atoms with van der Waals surface area (Å²) in [5.74, 6) is -0.862. The molecule has 1 heterocycles. The average molecular weight is 312 g/mol. The number of rotatable bonds is 6. The number of carbonyl (C=O) groups is 1. The van der Waals surface area contributed by atoms with Gasteiger partial charge < -0.3 is 5.11 Å². The van der Waals surface area contributed by atoms with Gasteiger partial charge in [0.15, 0.2) is 0 Å². The van der Waals surface area contributed by atoms with Gasteiger partial charge in [0.05, 0.1) is 10.4 Å². The van der Waals surface area contributed by atoms with E-state index in [2.05, 4.69) is 10.3 Å². The fourth-order valence-electron chi connectivity index (χ4n) is 1.87. The first kappa shape index (κ1) is 15.4. The summed E-state index contributed by atoms with van der Waals surface area (Å²) in [5, 5.41) is 16.5. The van der Waals surface area contributed by atoms with Gasteiger partial charge in [0.1, 0.15) is 5.52 Å². The number of sulfonamides is 1. The largest absolute Gasteiger partial charge is 0.481 e. The fourth-order valence-corrected chi connectivity index (χ4v) is 2.79. The van der Waals surface area contributed by atoms with E-state index in [-0.39, 0.29) is 11.3 Å². The number of carboxylic acids is 1. The molecule has 0 aliphatic heterocycles. The lowest BCUT2D eigenvalue weighted by Crippen LogP contribution is -2.22. The molecule has 1 aromatic carbocycles. The van der Waals surface area contributed by atoms with E-state index in [4.69, 9.17) is 5.11 Å². The van der Waals surface area contributed by atoms with Crippen LogP contribution in [0.1, 0.15) is 12.8 Å². The molecule has 0 atom stereocenters. The topological polar surface area (TPSA) is 105 Å². The maximum atomic E-state index is 12.0. The first-order valence-corrected chi connectivity index (χ1v) is 7.74. The highest BCUT2D eigenvalue weighted by atomic mass is 32.2. The molecule has 1 aromatic heterocycles. The molecule has 8 nitrogen and oxygen atoms in total. The van der Waals surface area contributed by atoms with Crippen LogP contribution in [0.4, 0.5) is 0 Å². The monoisotopic (exact) mass is 312 g/mol. The van der Waals surface area contributed by atoms with Gasteiger partial charge in [0.2, 0.25) is 10.0 Å². The number of aryl methyl sites for hydroxylation is 1. The zero-order chi connectivity index (χ0) is 15.6. The van der Waals surface area contributed by atoms with Gasteiger partial charge in [-0.3, -0.25) is 4.79 Å². The Balaban J connectivity index is 2.29. The number of aromatic nitrogens is 3. The van der Waals surface area contributed by atoms with E-state index in [0.29, 0.717) is 24.0 Å². The molecule has 2 aromatic rings. The van der Waals surface area contributed by atoms with Crippen LogP contribution in [0.25, 0.3) is 11.0 Å². The summed E-state index contributed by atoms with van der Waals surface area (Å²) < 4.78 is 26.8. The van der Waals surface area contributed by atoms with Crippen molar-refractivity contribution in [3.05, 3.63) is 18.2 Å². The Morgan fingerprint density at radius 2 is 2.10 bits per heavy atom. The predicted octanol–water partition coefficient (Wildman–Crippen LogP) is 0.546. The number of carboxylic acid groups (broad SMARTS) is 1. The third-order valence-electron chi connectivity index (χ3n) is 3.02. The van der Waals surface area contributed by atoms with E-state index in [1.165, 1.54) is 26.2 Å². The van der Waals surface area contributed by atoms with E-state index >= 15 is 0 Å². The molecule has 0 bridgehead atoms. The van der Waals surface area contributed by atoms with Gasteiger partial charge in [0.25, 0.3) is 0 Å². The molecular formula is C12H16N4O4S. The highest BCUT2D eigenvalue weighted by molar-refractivity contribution is 7.89. The van der Waals surface area contributed by atoms with E-state index in [9.17, 15) is 13.2 Å². The molecule has 0 aliphatic carbocycles. The van der Waals surface area contributed by atoms with Crippen molar-refractivity contribution in [3.8, 4) is 0 Å². The second kappa shape index (κ2) is 5.78. The van der Waals surface area contributed by atoms with Crippen LogP contribution in [0.15, 0.2) is 23.1 Å². The van der Waals surface area contributed by atoms with Gasteiger partial charge in [-0.05, 0) is 24.6 Å². The summed E-state index contributed by atoms with van der Waals surface area (Å²) in [5.41, 5.74) is 1.14. The van der Waals surface area contributed by atoms with Crippen LogP contribution in [0.3, 0.4) is 0 Å². The molecular weight excluding hydrogens is 296 g/mol. The van der Waals surface area contributed by atoms with Crippen molar-refractivity contribution in [2.24, 2.45) is 0 Å².